The third-order valence-corrected chi connectivity index (χ3v) is 13.4. The van der Waals surface area contributed by atoms with Crippen LogP contribution in [0.3, 0.4) is 0 Å². The molecule has 11 unspecified atom stereocenters. The SMILES string of the molecule is CC/C=C\C/C=C\C/C=C\C/C=C\CCCCCCCCCCC(=O)OC(COC(=O)CCCCCCCCC/C=C\C/C=C\CCCCCC)COC1OC(COC2OC(CO)C(O)C(O)C2O)C(O)C(O)C1O. The van der Waals surface area contributed by atoms with E-state index in [4.69, 9.17) is 28.4 Å². The minimum absolute atomic E-state index is 0.151. The predicted octanol–water partition coefficient (Wildman–Crippen LogP) is 9.77. The van der Waals surface area contributed by atoms with E-state index in [1.54, 1.807) is 0 Å². The van der Waals surface area contributed by atoms with Crippen LogP contribution in [-0.4, -0.2) is 142 Å². The molecule has 15 nitrogen and oxygen atoms in total. The highest BCUT2D eigenvalue weighted by Crippen LogP contribution is 2.26. The van der Waals surface area contributed by atoms with E-state index in [1.165, 1.54) is 64.2 Å². The maximum atomic E-state index is 13.1. The first-order chi connectivity index (χ1) is 36.5. The number of hydrogen-bond acceptors (Lipinski definition) is 15. The van der Waals surface area contributed by atoms with Crippen LogP contribution in [0.1, 0.15) is 200 Å². The Morgan fingerprint density at radius 1 is 0.440 bits per heavy atom. The topological polar surface area (TPSA) is 231 Å². The maximum Gasteiger partial charge on any atom is 0.306 e. The third kappa shape index (κ3) is 33.1. The summed E-state index contributed by atoms with van der Waals surface area (Å²) < 4.78 is 33.7. The van der Waals surface area contributed by atoms with Crippen molar-refractivity contribution in [3.05, 3.63) is 72.9 Å². The average molecular weight is 1060 g/mol. The summed E-state index contributed by atoms with van der Waals surface area (Å²) in [5.41, 5.74) is 0. The van der Waals surface area contributed by atoms with Crippen LogP contribution in [0.5, 0.6) is 0 Å². The molecule has 11 atom stereocenters. The minimum atomic E-state index is -1.77. The molecule has 2 saturated heterocycles. The molecule has 0 spiro atoms. The van der Waals surface area contributed by atoms with Crippen LogP contribution < -0.4 is 0 Å². The molecule has 7 N–H and O–H groups in total. The molecule has 2 aliphatic heterocycles. The van der Waals surface area contributed by atoms with Crippen molar-refractivity contribution in [2.45, 2.75) is 268 Å². The molecule has 0 aromatic carbocycles. The molecule has 0 saturated carbocycles. The van der Waals surface area contributed by atoms with E-state index < -0.39 is 99.3 Å². The van der Waals surface area contributed by atoms with Crippen LogP contribution in [0.25, 0.3) is 0 Å². The number of carbonyl (C=O) groups is 2. The van der Waals surface area contributed by atoms with Gasteiger partial charge in [-0.05, 0) is 83.5 Å². The molecule has 2 rings (SSSR count). The van der Waals surface area contributed by atoms with Gasteiger partial charge in [0.25, 0.3) is 0 Å². The van der Waals surface area contributed by atoms with Crippen molar-refractivity contribution in [1.82, 2.24) is 0 Å². The molecule has 432 valence electrons. The smallest absolute Gasteiger partial charge is 0.306 e. The Labute approximate surface area is 451 Å². The van der Waals surface area contributed by atoms with E-state index >= 15 is 0 Å². The summed E-state index contributed by atoms with van der Waals surface area (Å²) >= 11 is 0. The highest BCUT2D eigenvalue weighted by Gasteiger charge is 2.47. The molecule has 2 fully saturated rings. The van der Waals surface area contributed by atoms with Crippen LogP contribution in [0.2, 0.25) is 0 Å². The second kappa shape index (κ2) is 45.9. The Bertz CT molecular complexity index is 1580. The molecule has 0 aromatic rings. The number of allylic oxidation sites excluding steroid dienone is 12. The standard InChI is InChI=1S/C60H102O15/c1-3-5-7-9-11-13-15-17-19-21-23-24-25-27-29-31-33-35-37-39-41-43-52(63)73-48(45-70-51(62)42-40-38-36-34-32-30-28-26-22-20-18-16-14-12-10-8-6-4-2)46-71-59-58(69)56(67)54(65)50(75-59)47-72-60-57(68)55(66)53(64)49(44-61)74-60/h5,7,11,13-14,16-17,19-20,22-24,48-50,53-61,64-69H,3-4,6,8-10,12,15,18,21,25-47H2,1-2H3/b7-5-,13-11-,16-14-,19-17-,22-20-,24-23-. The maximum absolute atomic E-state index is 13.1. The second-order valence-electron chi connectivity index (χ2n) is 20.1. The number of esters is 2. The summed E-state index contributed by atoms with van der Waals surface area (Å²) in [6, 6.07) is 0. The fourth-order valence-corrected chi connectivity index (χ4v) is 8.71. The zero-order valence-corrected chi connectivity index (χ0v) is 46.0. The lowest BCUT2D eigenvalue weighted by Crippen LogP contribution is -2.61. The van der Waals surface area contributed by atoms with Crippen LogP contribution in [0.4, 0.5) is 0 Å². The van der Waals surface area contributed by atoms with Gasteiger partial charge in [0.2, 0.25) is 0 Å². The first-order valence-electron chi connectivity index (χ1n) is 29.0. The first-order valence-corrected chi connectivity index (χ1v) is 29.0. The van der Waals surface area contributed by atoms with E-state index in [9.17, 15) is 45.3 Å². The third-order valence-electron chi connectivity index (χ3n) is 13.4. The van der Waals surface area contributed by atoms with E-state index in [-0.39, 0.29) is 19.4 Å². The monoisotopic (exact) mass is 1060 g/mol. The van der Waals surface area contributed by atoms with Gasteiger partial charge in [-0.2, -0.15) is 0 Å². The number of carbonyl (C=O) groups excluding carboxylic acids is 2. The van der Waals surface area contributed by atoms with Gasteiger partial charge in [-0.1, -0.05) is 177 Å². The number of aliphatic hydroxyl groups is 7. The first kappa shape index (κ1) is 68.0. The fourth-order valence-electron chi connectivity index (χ4n) is 8.71. The van der Waals surface area contributed by atoms with Crippen molar-refractivity contribution in [1.29, 1.82) is 0 Å². The van der Waals surface area contributed by atoms with Crippen molar-refractivity contribution < 1.29 is 73.8 Å². The summed E-state index contributed by atoms with van der Waals surface area (Å²) in [6.07, 6.45) is 39.1. The van der Waals surface area contributed by atoms with Gasteiger partial charge in [-0.25, -0.2) is 0 Å². The molecule has 0 aromatic heterocycles. The molecule has 0 bridgehead atoms. The number of unbranched alkanes of at least 4 members (excludes halogenated alkanes) is 19. The Morgan fingerprint density at radius 3 is 1.32 bits per heavy atom. The molecule has 2 aliphatic rings. The number of hydrogen-bond donors (Lipinski definition) is 7. The van der Waals surface area contributed by atoms with E-state index in [2.05, 4.69) is 86.8 Å². The predicted molar refractivity (Wildman–Crippen MR) is 293 cm³/mol. The van der Waals surface area contributed by atoms with E-state index in [1.807, 2.05) is 0 Å². The van der Waals surface area contributed by atoms with E-state index in [0.29, 0.717) is 12.8 Å². The molecule has 0 radical (unpaired) electrons. The highest BCUT2D eigenvalue weighted by molar-refractivity contribution is 5.70. The van der Waals surface area contributed by atoms with Gasteiger partial charge in [0.1, 0.15) is 55.4 Å². The summed E-state index contributed by atoms with van der Waals surface area (Å²) in [7, 11) is 0. The lowest BCUT2D eigenvalue weighted by Gasteiger charge is -2.42. The lowest BCUT2D eigenvalue weighted by molar-refractivity contribution is -0.332. The Morgan fingerprint density at radius 2 is 0.840 bits per heavy atom. The zero-order valence-electron chi connectivity index (χ0n) is 46.0. The van der Waals surface area contributed by atoms with Gasteiger partial charge in [0, 0.05) is 12.8 Å². The molecule has 15 heteroatoms. The highest BCUT2D eigenvalue weighted by atomic mass is 16.7. The summed E-state index contributed by atoms with van der Waals surface area (Å²) in [5.74, 6) is -0.944. The quantitative estimate of drug-likeness (QED) is 0.0171. The van der Waals surface area contributed by atoms with Gasteiger partial charge < -0.3 is 64.2 Å². The van der Waals surface area contributed by atoms with Crippen LogP contribution in [-0.2, 0) is 38.0 Å². The summed E-state index contributed by atoms with van der Waals surface area (Å²) in [5, 5.41) is 72.3. The van der Waals surface area contributed by atoms with Crippen molar-refractivity contribution in [2.24, 2.45) is 0 Å². The molecule has 2 heterocycles. The minimum Gasteiger partial charge on any atom is -0.462 e. The van der Waals surface area contributed by atoms with Crippen molar-refractivity contribution in [3.8, 4) is 0 Å². The van der Waals surface area contributed by atoms with Crippen LogP contribution in [0, 0.1) is 0 Å². The largest absolute Gasteiger partial charge is 0.462 e. The normalized spacial score (nSPS) is 25.0. The summed E-state index contributed by atoms with van der Waals surface area (Å²) in [6.45, 7) is 2.46. The van der Waals surface area contributed by atoms with Gasteiger partial charge in [-0.15, -0.1) is 0 Å². The average Bonchev–Trinajstić information content (AvgIpc) is 3.40. The zero-order chi connectivity index (χ0) is 54.6. The molecule has 0 amide bonds. The second-order valence-corrected chi connectivity index (χ2v) is 20.1. The molecule has 0 aliphatic carbocycles. The molecular formula is C60H102O15. The Kier molecular flexibility index (Phi) is 41.7. The lowest BCUT2D eigenvalue weighted by atomic mass is 9.98. The number of aliphatic hydroxyl groups excluding tert-OH is 7. The van der Waals surface area contributed by atoms with Gasteiger partial charge >= 0.3 is 11.9 Å². The van der Waals surface area contributed by atoms with Crippen LogP contribution >= 0.6 is 0 Å². The van der Waals surface area contributed by atoms with Crippen LogP contribution in [0.15, 0.2) is 72.9 Å². The fraction of sp³-hybridized carbons (Fsp3) is 0.767. The van der Waals surface area contributed by atoms with Gasteiger partial charge in [0.15, 0.2) is 18.7 Å². The number of rotatable bonds is 45. The molecular weight excluding hydrogens is 961 g/mol. The van der Waals surface area contributed by atoms with Gasteiger partial charge in [0.05, 0.1) is 19.8 Å². The van der Waals surface area contributed by atoms with Crippen molar-refractivity contribution in [2.75, 3.05) is 26.4 Å². The van der Waals surface area contributed by atoms with Crippen molar-refractivity contribution in [3.63, 3.8) is 0 Å². The molecule has 75 heavy (non-hydrogen) atoms. The summed E-state index contributed by atoms with van der Waals surface area (Å²) in [4.78, 5) is 25.9. The Hall–Kier alpha value is -3.06. The van der Waals surface area contributed by atoms with Crippen molar-refractivity contribution >= 4 is 11.9 Å². The van der Waals surface area contributed by atoms with Gasteiger partial charge in [-0.3, -0.25) is 9.59 Å². The Balaban J connectivity index is 1.76. The number of ether oxygens (including phenoxy) is 6. The van der Waals surface area contributed by atoms with E-state index in [0.717, 1.165) is 96.3 Å².